The van der Waals surface area contributed by atoms with Gasteiger partial charge in [-0.15, -0.1) is 11.8 Å². The molecular formula is C18H19N3O3. The van der Waals surface area contributed by atoms with Crippen LogP contribution in [0, 0.1) is 11.8 Å². The monoisotopic (exact) mass is 325 g/mol. The average Bonchev–Trinajstić information content (AvgIpc) is 2.89. The number of hydrogen-bond acceptors (Lipinski definition) is 4. The Balaban J connectivity index is 1.78. The van der Waals surface area contributed by atoms with Gasteiger partial charge in [0.1, 0.15) is 6.04 Å². The molecule has 0 saturated carbocycles. The number of benzene rings is 1. The minimum absolute atomic E-state index is 0.156. The van der Waals surface area contributed by atoms with Crippen LogP contribution in [0.4, 0.5) is 5.69 Å². The van der Waals surface area contributed by atoms with Crippen molar-refractivity contribution in [3.8, 4) is 11.8 Å². The van der Waals surface area contributed by atoms with Gasteiger partial charge >= 0.3 is 0 Å². The van der Waals surface area contributed by atoms with Crippen LogP contribution in [-0.2, 0) is 16.1 Å². The summed E-state index contributed by atoms with van der Waals surface area (Å²) in [5.41, 5.74) is 2.41. The first-order valence-corrected chi connectivity index (χ1v) is 8.02. The second-order valence-corrected chi connectivity index (χ2v) is 5.84. The van der Waals surface area contributed by atoms with Gasteiger partial charge in [0.15, 0.2) is 0 Å². The van der Waals surface area contributed by atoms with Crippen LogP contribution in [0.3, 0.4) is 0 Å². The molecule has 2 N–H and O–H groups in total. The van der Waals surface area contributed by atoms with Gasteiger partial charge in [0.2, 0.25) is 11.8 Å². The number of carbonyl (C=O) groups is 3. The van der Waals surface area contributed by atoms with E-state index in [4.69, 9.17) is 0 Å². The molecule has 0 aromatic heterocycles. The fourth-order valence-electron chi connectivity index (χ4n) is 3.14. The minimum atomic E-state index is -0.582. The van der Waals surface area contributed by atoms with E-state index in [2.05, 4.69) is 22.5 Å². The standard InChI is InChI=1S/C18H19N3O3/c1-2-3-4-10-19-14-7-5-6-12-13(14)11-21(18(12)24)15-8-9-16(22)20-17(15)23/h5-7,15,19H,4,8-11H2,1H3,(H,20,22,23). The molecule has 0 spiro atoms. The van der Waals surface area contributed by atoms with Crippen molar-refractivity contribution in [1.82, 2.24) is 10.2 Å². The normalized spacial score (nSPS) is 19.5. The number of fused-ring (bicyclic) bond motifs is 1. The first-order valence-electron chi connectivity index (χ1n) is 8.02. The molecule has 2 aliphatic heterocycles. The van der Waals surface area contributed by atoms with Gasteiger partial charge in [0.05, 0.1) is 0 Å². The molecule has 2 heterocycles. The Labute approximate surface area is 140 Å². The highest BCUT2D eigenvalue weighted by Crippen LogP contribution is 2.32. The van der Waals surface area contributed by atoms with Gasteiger partial charge in [0, 0.05) is 42.7 Å². The van der Waals surface area contributed by atoms with Crippen molar-refractivity contribution in [2.75, 3.05) is 11.9 Å². The molecule has 0 radical (unpaired) electrons. The Kier molecular flexibility index (Phi) is 4.52. The molecule has 6 heteroatoms. The topological polar surface area (TPSA) is 78.5 Å². The molecule has 1 fully saturated rings. The van der Waals surface area contributed by atoms with E-state index in [-0.39, 0.29) is 24.1 Å². The van der Waals surface area contributed by atoms with Gasteiger partial charge in [-0.1, -0.05) is 6.07 Å². The summed E-state index contributed by atoms with van der Waals surface area (Å²) < 4.78 is 0. The molecule has 3 rings (SSSR count). The number of nitrogens with one attached hydrogen (secondary N) is 2. The lowest BCUT2D eigenvalue weighted by Crippen LogP contribution is -2.52. The Morgan fingerprint density at radius 1 is 1.33 bits per heavy atom. The second-order valence-electron chi connectivity index (χ2n) is 5.84. The quantitative estimate of drug-likeness (QED) is 0.496. The van der Waals surface area contributed by atoms with E-state index in [9.17, 15) is 14.4 Å². The van der Waals surface area contributed by atoms with E-state index in [0.29, 0.717) is 25.1 Å². The summed E-state index contributed by atoms with van der Waals surface area (Å²) in [4.78, 5) is 37.6. The largest absolute Gasteiger partial charge is 0.384 e. The molecule has 6 nitrogen and oxygen atoms in total. The number of carbonyl (C=O) groups excluding carboxylic acids is 3. The van der Waals surface area contributed by atoms with E-state index < -0.39 is 6.04 Å². The zero-order chi connectivity index (χ0) is 17.1. The Morgan fingerprint density at radius 3 is 2.92 bits per heavy atom. The lowest BCUT2D eigenvalue weighted by Gasteiger charge is -2.29. The summed E-state index contributed by atoms with van der Waals surface area (Å²) in [7, 11) is 0. The van der Waals surface area contributed by atoms with Crippen molar-refractivity contribution in [3.63, 3.8) is 0 Å². The van der Waals surface area contributed by atoms with Crippen LogP contribution >= 0.6 is 0 Å². The summed E-state index contributed by atoms with van der Waals surface area (Å²) in [5.74, 6) is 5.02. The van der Waals surface area contributed by atoms with Gasteiger partial charge in [-0.05, 0) is 25.5 Å². The highest BCUT2D eigenvalue weighted by molar-refractivity contribution is 6.06. The van der Waals surface area contributed by atoms with E-state index in [1.807, 2.05) is 12.1 Å². The van der Waals surface area contributed by atoms with Gasteiger partial charge in [0.25, 0.3) is 5.91 Å². The summed E-state index contributed by atoms with van der Waals surface area (Å²) in [6, 6.07) is 4.96. The van der Waals surface area contributed by atoms with Crippen LogP contribution in [0.15, 0.2) is 18.2 Å². The van der Waals surface area contributed by atoms with Crippen LogP contribution in [0.25, 0.3) is 0 Å². The molecule has 3 amide bonds. The average molecular weight is 325 g/mol. The van der Waals surface area contributed by atoms with E-state index in [1.54, 1.807) is 17.9 Å². The zero-order valence-electron chi connectivity index (χ0n) is 13.5. The third-order valence-corrected chi connectivity index (χ3v) is 4.32. The number of imide groups is 1. The van der Waals surface area contributed by atoms with Crippen molar-refractivity contribution < 1.29 is 14.4 Å². The van der Waals surface area contributed by atoms with Crippen LogP contribution < -0.4 is 10.6 Å². The SMILES string of the molecule is CC#CCCNc1cccc2c1CN(C1CCC(=O)NC1=O)C2=O. The molecule has 24 heavy (non-hydrogen) atoms. The lowest BCUT2D eigenvalue weighted by atomic mass is 10.0. The third-order valence-electron chi connectivity index (χ3n) is 4.32. The number of anilines is 1. The van der Waals surface area contributed by atoms with Crippen molar-refractivity contribution in [2.24, 2.45) is 0 Å². The second kappa shape index (κ2) is 6.75. The Hall–Kier alpha value is -2.81. The molecule has 1 unspecified atom stereocenters. The fraction of sp³-hybridized carbons (Fsp3) is 0.389. The maximum absolute atomic E-state index is 12.7. The van der Waals surface area contributed by atoms with Crippen LogP contribution in [0.2, 0.25) is 0 Å². The predicted octanol–water partition coefficient (Wildman–Crippen LogP) is 1.27. The highest BCUT2D eigenvalue weighted by Gasteiger charge is 2.39. The predicted molar refractivity (Wildman–Crippen MR) is 89.0 cm³/mol. The number of piperidine rings is 1. The summed E-state index contributed by atoms with van der Waals surface area (Å²) in [5, 5.41) is 5.62. The Bertz CT molecular complexity index is 761. The zero-order valence-corrected chi connectivity index (χ0v) is 13.5. The van der Waals surface area contributed by atoms with Gasteiger partial charge in [-0.25, -0.2) is 0 Å². The smallest absolute Gasteiger partial charge is 0.255 e. The lowest BCUT2D eigenvalue weighted by molar-refractivity contribution is -0.136. The van der Waals surface area contributed by atoms with Crippen molar-refractivity contribution in [1.29, 1.82) is 0 Å². The highest BCUT2D eigenvalue weighted by atomic mass is 16.2. The summed E-state index contributed by atoms with van der Waals surface area (Å²) >= 11 is 0. The molecule has 124 valence electrons. The fourth-order valence-corrected chi connectivity index (χ4v) is 3.14. The number of hydrogen-bond donors (Lipinski definition) is 2. The summed E-state index contributed by atoms with van der Waals surface area (Å²) in [6.07, 6.45) is 1.36. The molecule has 1 aromatic carbocycles. The molecule has 0 bridgehead atoms. The van der Waals surface area contributed by atoms with Crippen molar-refractivity contribution in [3.05, 3.63) is 29.3 Å². The van der Waals surface area contributed by atoms with E-state index in [0.717, 1.165) is 17.7 Å². The molecule has 1 aromatic rings. The number of rotatable bonds is 4. The number of amides is 3. The molecule has 2 aliphatic rings. The molecule has 1 saturated heterocycles. The third kappa shape index (κ3) is 2.98. The van der Waals surface area contributed by atoms with Gasteiger partial charge in [-0.3, -0.25) is 19.7 Å². The van der Waals surface area contributed by atoms with Crippen LogP contribution in [-0.4, -0.2) is 35.2 Å². The van der Waals surface area contributed by atoms with Crippen molar-refractivity contribution >= 4 is 23.4 Å². The Morgan fingerprint density at radius 2 is 2.17 bits per heavy atom. The van der Waals surface area contributed by atoms with Gasteiger partial charge < -0.3 is 10.2 Å². The molecule has 1 atom stereocenters. The maximum atomic E-state index is 12.7. The summed E-state index contributed by atoms with van der Waals surface area (Å²) in [6.45, 7) is 2.88. The minimum Gasteiger partial charge on any atom is -0.384 e. The van der Waals surface area contributed by atoms with Gasteiger partial charge in [-0.2, -0.15) is 0 Å². The van der Waals surface area contributed by atoms with Crippen LogP contribution in [0.5, 0.6) is 0 Å². The van der Waals surface area contributed by atoms with E-state index in [1.165, 1.54) is 0 Å². The first-order chi connectivity index (χ1) is 11.6. The van der Waals surface area contributed by atoms with E-state index >= 15 is 0 Å². The van der Waals surface area contributed by atoms with Crippen LogP contribution in [0.1, 0.15) is 42.1 Å². The molecular weight excluding hydrogens is 306 g/mol. The molecule has 0 aliphatic carbocycles. The maximum Gasteiger partial charge on any atom is 0.255 e. The number of nitrogens with zero attached hydrogens (tertiary/aromatic N) is 1. The van der Waals surface area contributed by atoms with Crippen molar-refractivity contribution in [2.45, 2.75) is 38.8 Å². The first kappa shape index (κ1) is 16.1.